The molecule has 0 bridgehead atoms. The van der Waals surface area contributed by atoms with Crippen LogP contribution < -0.4 is 5.73 Å². The minimum absolute atomic E-state index is 0.252. The Kier molecular flexibility index (Phi) is 3.74. The van der Waals surface area contributed by atoms with Crippen molar-refractivity contribution in [3.63, 3.8) is 0 Å². The van der Waals surface area contributed by atoms with E-state index in [2.05, 4.69) is 10.1 Å². The summed E-state index contributed by atoms with van der Waals surface area (Å²) in [6.45, 7) is 0. The van der Waals surface area contributed by atoms with Crippen LogP contribution in [0.1, 0.15) is 5.56 Å². The molecule has 0 unspecified atom stereocenters. The number of aromatic nitrogens is 3. The maximum Gasteiger partial charge on any atom is 0.182 e. The van der Waals surface area contributed by atoms with E-state index in [1.165, 1.54) is 12.1 Å². The van der Waals surface area contributed by atoms with E-state index in [1.807, 2.05) is 42.5 Å². The largest absolute Gasteiger partial charge is 0.389 e. The Bertz CT molecular complexity index is 1070. The molecule has 2 aromatic heterocycles. The Morgan fingerprint density at radius 3 is 2.32 bits per heavy atom. The number of pyridine rings is 1. The van der Waals surface area contributed by atoms with Crippen molar-refractivity contribution in [2.24, 2.45) is 5.73 Å². The number of fused-ring (bicyclic) bond motifs is 1. The van der Waals surface area contributed by atoms with Crippen LogP contribution in [0.4, 0.5) is 4.39 Å². The third-order valence-corrected chi connectivity index (χ3v) is 4.14. The molecule has 0 saturated carbocycles. The van der Waals surface area contributed by atoms with E-state index in [0.717, 1.165) is 16.8 Å². The Labute approximate surface area is 148 Å². The predicted octanol–water partition coefficient (Wildman–Crippen LogP) is 3.84. The van der Waals surface area contributed by atoms with Crippen LogP contribution in [0.25, 0.3) is 28.3 Å². The molecule has 4 rings (SSSR count). The summed E-state index contributed by atoms with van der Waals surface area (Å²) in [5.41, 5.74) is 9.65. The van der Waals surface area contributed by atoms with E-state index in [-0.39, 0.29) is 10.8 Å². The number of halogens is 1. The van der Waals surface area contributed by atoms with Crippen LogP contribution in [-0.4, -0.2) is 19.6 Å². The van der Waals surface area contributed by atoms with Crippen molar-refractivity contribution in [3.8, 4) is 22.6 Å². The normalized spacial score (nSPS) is 10.9. The van der Waals surface area contributed by atoms with Gasteiger partial charge in [0.25, 0.3) is 0 Å². The Morgan fingerprint density at radius 1 is 0.920 bits per heavy atom. The summed E-state index contributed by atoms with van der Waals surface area (Å²) in [4.78, 5) is 4.83. The van der Waals surface area contributed by atoms with Gasteiger partial charge in [0.1, 0.15) is 10.8 Å². The fraction of sp³-hybridized carbons (Fsp3) is 0. The fourth-order valence-corrected chi connectivity index (χ4v) is 2.86. The molecule has 25 heavy (non-hydrogen) atoms. The van der Waals surface area contributed by atoms with Crippen LogP contribution in [0.5, 0.6) is 0 Å². The molecule has 4 aromatic rings. The first-order valence-corrected chi connectivity index (χ1v) is 8.05. The monoisotopic (exact) mass is 348 g/mol. The molecule has 0 atom stereocenters. The van der Waals surface area contributed by atoms with Gasteiger partial charge in [0, 0.05) is 11.1 Å². The van der Waals surface area contributed by atoms with E-state index >= 15 is 0 Å². The molecule has 2 N–H and O–H groups in total. The van der Waals surface area contributed by atoms with E-state index in [1.54, 1.807) is 16.6 Å². The number of benzene rings is 2. The average molecular weight is 348 g/mol. The highest BCUT2D eigenvalue weighted by molar-refractivity contribution is 7.80. The lowest BCUT2D eigenvalue weighted by Gasteiger charge is -2.07. The summed E-state index contributed by atoms with van der Waals surface area (Å²) in [6, 6.07) is 19.7. The lowest BCUT2D eigenvalue weighted by molar-refractivity contribution is 0.628. The maximum absolute atomic E-state index is 13.2. The third kappa shape index (κ3) is 2.77. The molecule has 6 heteroatoms. The minimum Gasteiger partial charge on any atom is -0.389 e. The van der Waals surface area contributed by atoms with E-state index in [0.29, 0.717) is 17.0 Å². The van der Waals surface area contributed by atoms with E-state index in [9.17, 15) is 4.39 Å². The zero-order chi connectivity index (χ0) is 17.4. The maximum atomic E-state index is 13.2. The molecule has 0 aliphatic carbocycles. The van der Waals surface area contributed by atoms with E-state index in [4.69, 9.17) is 18.0 Å². The zero-order valence-electron chi connectivity index (χ0n) is 13.1. The van der Waals surface area contributed by atoms with Crippen LogP contribution >= 0.6 is 12.2 Å². The van der Waals surface area contributed by atoms with Crippen LogP contribution in [0.3, 0.4) is 0 Å². The van der Waals surface area contributed by atoms with Gasteiger partial charge in [0.05, 0.1) is 11.3 Å². The number of hydrogen-bond donors (Lipinski definition) is 1. The average Bonchev–Trinajstić information content (AvgIpc) is 3.07. The lowest BCUT2D eigenvalue weighted by Crippen LogP contribution is -2.12. The van der Waals surface area contributed by atoms with Gasteiger partial charge in [0.15, 0.2) is 11.5 Å². The van der Waals surface area contributed by atoms with Gasteiger partial charge in [-0.25, -0.2) is 13.9 Å². The van der Waals surface area contributed by atoms with Crippen LogP contribution in [0, 0.1) is 5.82 Å². The van der Waals surface area contributed by atoms with Crippen LogP contribution in [-0.2, 0) is 0 Å². The molecule has 2 aromatic carbocycles. The molecule has 0 fully saturated rings. The van der Waals surface area contributed by atoms with E-state index < -0.39 is 0 Å². The molecule has 0 radical (unpaired) electrons. The lowest BCUT2D eigenvalue weighted by atomic mass is 10.1. The van der Waals surface area contributed by atoms with Crippen molar-refractivity contribution in [2.45, 2.75) is 0 Å². The fourth-order valence-electron chi connectivity index (χ4n) is 2.70. The van der Waals surface area contributed by atoms with Gasteiger partial charge in [0.2, 0.25) is 0 Å². The molecular weight excluding hydrogens is 335 g/mol. The molecule has 2 heterocycles. The topological polar surface area (TPSA) is 56.2 Å². The summed E-state index contributed by atoms with van der Waals surface area (Å²) >= 11 is 5.14. The summed E-state index contributed by atoms with van der Waals surface area (Å²) in [5.74, 6) is 0.183. The molecule has 122 valence electrons. The van der Waals surface area contributed by atoms with Gasteiger partial charge in [-0.3, -0.25) is 0 Å². The first-order valence-electron chi connectivity index (χ1n) is 7.64. The smallest absolute Gasteiger partial charge is 0.182 e. The van der Waals surface area contributed by atoms with Crippen molar-refractivity contribution in [2.75, 3.05) is 0 Å². The summed E-state index contributed by atoms with van der Waals surface area (Å²) in [7, 11) is 0. The highest BCUT2D eigenvalue weighted by Crippen LogP contribution is 2.25. The zero-order valence-corrected chi connectivity index (χ0v) is 13.9. The standard InChI is InChI=1S/C19H13FN4S/c20-14-8-6-13(7-9-14)18-22-19-15(17(21)25)10-11-16(24(19)23-18)12-4-2-1-3-5-12/h1-11H,(H2,21,25). The second-order valence-electron chi connectivity index (χ2n) is 5.54. The van der Waals surface area contributed by atoms with Gasteiger partial charge >= 0.3 is 0 Å². The predicted molar refractivity (Wildman–Crippen MR) is 99.7 cm³/mol. The van der Waals surface area contributed by atoms with Gasteiger partial charge in [-0.15, -0.1) is 5.10 Å². The summed E-state index contributed by atoms with van der Waals surface area (Å²) < 4.78 is 14.9. The Balaban J connectivity index is 1.98. The number of thiocarbonyl (C=S) groups is 1. The molecule has 0 saturated heterocycles. The molecule has 4 nitrogen and oxygen atoms in total. The minimum atomic E-state index is -0.304. The first-order chi connectivity index (χ1) is 12.1. The Morgan fingerprint density at radius 2 is 1.64 bits per heavy atom. The molecular formula is C19H13FN4S. The van der Waals surface area contributed by atoms with Gasteiger partial charge in [-0.05, 0) is 36.4 Å². The van der Waals surface area contributed by atoms with Gasteiger partial charge in [-0.1, -0.05) is 42.5 Å². The first kappa shape index (κ1) is 15.4. The highest BCUT2D eigenvalue weighted by Gasteiger charge is 2.15. The van der Waals surface area contributed by atoms with Crippen molar-refractivity contribution in [3.05, 3.63) is 78.1 Å². The van der Waals surface area contributed by atoms with Crippen LogP contribution in [0.2, 0.25) is 0 Å². The number of hydrogen-bond acceptors (Lipinski definition) is 3. The quantitative estimate of drug-likeness (QED) is 0.572. The molecule has 0 spiro atoms. The molecule has 0 aliphatic heterocycles. The van der Waals surface area contributed by atoms with Crippen LogP contribution in [0.15, 0.2) is 66.7 Å². The van der Waals surface area contributed by atoms with Crippen molar-refractivity contribution < 1.29 is 4.39 Å². The highest BCUT2D eigenvalue weighted by atomic mass is 32.1. The second-order valence-corrected chi connectivity index (χ2v) is 5.98. The van der Waals surface area contributed by atoms with Crippen molar-refractivity contribution in [1.29, 1.82) is 0 Å². The summed E-state index contributed by atoms with van der Waals surface area (Å²) in [6.07, 6.45) is 0. The molecule has 0 amide bonds. The van der Waals surface area contributed by atoms with Gasteiger partial charge < -0.3 is 5.73 Å². The number of nitrogens with two attached hydrogens (primary N) is 1. The summed E-state index contributed by atoms with van der Waals surface area (Å²) in [5, 5.41) is 4.60. The SMILES string of the molecule is NC(=S)c1ccc(-c2ccccc2)n2nc(-c3ccc(F)cc3)nc12. The van der Waals surface area contributed by atoms with Crippen molar-refractivity contribution >= 4 is 22.9 Å². The molecule has 0 aliphatic rings. The third-order valence-electron chi connectivity index (χ3n) is 3.92. The van der Waals surface area contributed by atoms with Crippen molar-refractivity contribution in [1.82, 2.24) is 14.6 Å². The van der Waals surface area contributed by atoms with Gasteiger partial charge in [-0.2, -0.15) is 0 Å². The number of nitrogens with zero attached hydrogens (tertiary/aromatic N) is 3. The number of rotatable bonds is 3. The second kappa shape index (κ2) is 6.07. The Hall–Kier alpha value is -3.12.